The Balaban J connectivity index is 2.60. The third kappa shape index (κ3) is 3.55. The molecule has 0 amide bonds. The highest BCUT2D eigenvalue weighted by molar-refractivity contribution is 7.11. The number of rotatable bonds is 6. The molecule has 0 aliphatic rings. The van der Waals surface area contributed by atoms with Crippen LogP contribution in [-0.4, -0.2) is 25.2 Å². The van der Waals surface area contributed by atoms with E-state index in [1.165, 1.54) is 9.88 Å². The number of nitrogens with one attached hydrogen (secondary N) is 1. The second-order valence-corrected chi connectivity index (χ2v) is 4.63. The molecule has 0 spiro atoms. The molecule has 1 unspecified atom stereocenters. The highest BCUT2D eigenvalue weighted by Gasteiger charge is 2.12. The fourth-order valence-electron chi connectivity index (χ4n) is 1.41. The molecule has 1 rings (SSSR count). The Morgan fingerprint density at radius 3 is 2.87 bits per heavy atom. The molecular formula is C11H20N2OS. The van der Waals surface area contributed by atoms with Gasteiger partial charge < -0.3 is 10.1 Å². The molecule has 1 aromatic rings. The van der Waals surface area contributed by atoms with Crippen LogP contribution < -0.4 is 5.32 Å². The summed E-state index contributed by atoms with van der Waals surface area (Å²) in [5, 5.41) is 4.42. The summed E-state index contributed by atoms with van der Waals surface area (Å²) in [7, 11) is 1.98. The molecule has 4 heteroatoms. The van der Waals surface area contributed by atoms with E-state index in [0.717, 1.165) is 25.3 Å². The van der Waals surface area contributed by atoms with E-state index in [2.05, 4.69) is 24.1 Å². The number of thiazole rings is 1. The molecule has 1 N–H and O–H groups in total. The molecule has 0 saturated carbocycles. The van der Waals surface area contributed by atoms with Crippen LogP contribution in [0, 0.1) is 6.92 Å². The van der Waals surface area contributed by atoms with Crippen LogP contribution in [0.5, 0.6) is 0 Å². The van der Waals surface area contributed by atoms with Crippen LogP contribution in [0.2, 0.25) is 0 Å². The van der Waals surface area contributed by atoms with Crippen molar-refractivity contribution >= 4 is 11.3 Å². The van der Waals surface area contributed by atoms with Gasteiger partial charge in [-0.25, -0.2) is 4.98 Å². The number of hydrogen-bond donors (Lipinski definition) is 1. The lowest BCUT2D eigenvalue weighted by molar-refractivity contribution is 0.151. The molecule has 0 bridgehead atoms. The molecule has 86 valence electrons. The van der Waals surface area contributed by atoms with E-state index in [0.29, 0.717) is 6.04 Å². The van der Waals surface area contributed by atoms with Crippen LogP contribution in [0.15, 0.2) is 0 Å². The number of hydrogen-bond acceptors (Lipinski definition) is 4. The molecule has 1 heterocycles. The predicted octanol–water partition coefficient (Wildman–Crippen LogP) is 2.31. The first kappa shape index (κ1) is 12.6. The van der Waals surface area contributed by atoms with E-state index in [1.807, 2.05) is 14.0 Å². The Hall–Kier alpha value is -0.450. The maximum atomic E-state index is 5.32. The zero-order valence-corrected chi connectivity index (χ0v) is 10.8. The quantitative estimate of drug-likeness (QED) is 0.759. The minimum atomic E-state index is 0.392. The van der Waals surface area contributed by atoms with Crippen LogP contribution in [0.1, 0.15) is 35.5 Å². The van der Waals surface area contributed by atoms with E-state index < -0.39 is 0 Å². The van der Waals surface area contributed by atoms with Crippen molar-refractivity contribution in [3.63, 3.8) is 0 Å². The van der Waals surface area contributed by atoms with Gasteiger partial charge in [-0.05, 0) is 27.8 Å². The number of aryl methyl sites for hydroxylation is 1. The molecule has 0 aliphatic heterocycles. The highest BCUT2D eigenvalue weighted by Crippen LogP contribution is 2.24. The minimum Gasteiger partial charge on any atom is -0.381 e. The van der Waals surface area contributed by atoms with Crippen LogP contribution in [0.3, 0.4) is 0 Å². The lowest BCUT2D eigenvalue weighted by Gasteiger charge is -2.06. The molecule has 15 heavy (non-hydrogen) atoms. The molecular weight excluding hydrogens is 208 g/mol. The van der Waals surface area contributed by atoms with E-state index >= 15 is 0 Å². The number of ether oxygens (including phenoxy) is 1. The largest absolute Gasteiger partial charge is 0.381 e. The van der Waals surface area contributed by atoms with Gasteiger partial charge in [-0.1, -0.05) is 0 Å². The number of nitrogens with zero attached hydrogens (tertiary/aromatic N) is 1. The smallest absolute Gasteiger partial charge is 0.0954 e. The van der Waals surface area contributed by atoms with Crippen LogP contribution in [-0.2, 0) is 11.2 Å². The third-order valence-electron chi connectivity index (χ3n) is 2.37. The maximum absolute atomic E-state index is 5.32. The van der Waals surface area contributed by atoms with E-state index in [4.69, 9.17) is 4.74 Å². The zero-order chi connectivity index (χ0) is 11.3. The van der Waals surface area contributed by atoms with Gasteiger partial charge in [0, 0.05) is 23.9 Å². The Morgan fingerprint density at radius 1 is 1.53 bits per heavy atom. The van der Waals surface area contributed by atoms with Gasteiger partial charge in [0.2, 0.25) is 0 Å². The van der Waals surface area contributed by atoms with Crippen molar-refractivity contribution in [2.45, 2.75) is 33.2 Å². The minimum absolute atomic E-state index is 0.392. The van der Waals surface area contributed by atoms with E-state index in [1.54, 1.807) is 11.3 Å². The van der Waals surface area contributed by atoms with Crippen molar-refractivity contribution in [3.8, 4) is 0 Å². The molecule has 0 fully saturated rings. The molecule has 0 saturated heterocycles. The monoisotopic (exact) mass is 228 g/mol. The summed E-state index contributed by atoms with van der Waals surface area (Å²) in [6.07, 6.45) is 0.926. The Kier molecular flexibility index (Phi) is 5.22. The van der Waals surface area contributed by atoms with Crippen molar-refractivity contribution in [3.05, 3.63) is 15.6 Å². The summed E-state index contributed by atoms with van der Waals surface area (Å²) in [6, 6.07) is 0.392. The van der Waals surface area contributed by atoms with Gasteiger partial charge in [0.1, 0.15) is 0 Å². The van der Waals surface area contributed by atoms with Crippen molar-refractivity contribution in [1.82, 2.24) is 10.3 Å². The average Bonchev–Trinajstić information content (AvgIpc) is 2.59. The zero-order valence-electron chi connectivity index (χ0n) is 9.96. The Morgan fingerprint density at radius 2 is 2.27 bits per heavy atom. The van der Waals surface area contributed by atoms with Crippen LogP contribution >= 0.6 is 11.3 Å². The molecule has 0 aliphatic carbocycles. The summed E-state index contributed by atoms with van der Waals surface area (Å²) in [4.78, 5) is 5.89. The average molecular weight is 228 g/mol. The van der Waals surface area contributed by atoms with Gasteiger partial charge in [-0.15, -0.1) is 11.3 Å². The Bertz CT molecular complexity index is 299. The van der Waals surface area contributed by atoms with Gasteiger partial charge in [0.25, 0.3) is 0 Å². The third-order valence-corrected chi connectivity index (χ3v) is 3.77. The summed E-state index contributed by atoms with van der Waals surface area (Å²) in [5.74, 6) is 0. The molecule has 3 nitrogen and oxygen atoms in total. The molecule has 0 radical (unpaired) electrons. The summed E-state index contributed by atoms with van der Waals surface area (Å²) < 4.78 is 5.32. The van der Waals surface area contributed by atoms with Crippen LogP contribution in [0.4, 0.5) is 0 Å². The molecule has 0 aromatic carbocycles. The van der Waals surface area contributed by atoms with Crippen molar-refractivity contribution in [2.24, 2.45) is 0 Å². The van der Waals surface area contributed by atoms with Crippen LogP contribution in [0.25, 0.3) is 0 Å². The fourth-order valence-corrected chi connectivity index (χ4v) is 2.52. The Labute approximate surface area is 95.9 Å². The maximum Gasteiger partial charge on any atom is 0.0954 e. The first-order valence-corrected chi connectivity index (χ1v) is 6.21. The molecule has 1 aromatic heterocycles. The SMILES string of the molecule is CCOCCc1nc(C)c(C(C)NC)s1. The second kappa shape index (κ2) is 6.20. The van der Waals surface area contributed by atoms with Gasteiger partial charge in [-0.2, -0.15) is 0 Å². The fraction of sp³-hybridized carbons (Fsp3) is 0.727. The van der Waals surface area contributed by atoms with Gasteiger partial charge in [0.15, 0.2) is 0 Å². The van der Waals surface area contributed by atoms with Crippen molar-refractivity contribution in [1.29, 1.82) is 0 Å². The van der Waals surface area contributed by atoms with Gasteiger partial charge >= 0.3 is 0 Å². The van der Waals surface area contributed by atoms with E-state index in [-0.39, 0.29) is 0 Å². The summed E-state index contributed by atoms with van der Waals surface area (Å²) >= 11 is 1.79. The van der Waals surface area contributed by atoms with Crippen molar-refractivity contribution in [2.75, 3.05) is 20.3 Å². The van der Waals surface area contributed by atoms with Gasteiger partial charge in [0.05, 0.1) is 17.3 Å². The van der Waals surface area contributed by atoms with E-state index in [9.17, 15) is 0 Å². The normalized spacial score (nSPS) is 13.1. The summed E-state index contributed by atoms with van der Waals surface area (Å²) in [5.41, 5.74) is 1.15. The van der Waals surface area contributed by atoms with Gasteiger partial charge in [-0.3, -0.25) is 0 Å². The second-order valence-electron chi connectivity index (χ2n) is 3.51. The highest BCUT2D eigenvalue weighted by atomic mass is 32.1. The lowest BCUT2D eigenvalue weighted by Crippen LogP contribution is -2.11. The number of aromatic nitrogens is 1. The summed E-state index contributed by atoms with van der Waals surface area (Å²) in [6.45, 7) is 7.80. The first-order chi connectivity index (χ1) is 7.19. The predicted molar refractivity (Wildman–Crippen MR) is 64.5 cm³/mol. The molecule has 1 atom stereocenters. The lowest BCUT2D eigenvalue weighted by atomic mass is 10.2. The topological polar surface area (TPSA) is 34.1 Å². The van der Waals surface area contributed by atoms with Crippen molar-refractivity contribution < 1.29 is 4.74 Å². The first-order valence-electron chi connectivity index (χ1n) is 5.40. The standard InChI is InChI=1S/C11H20N2OS/c1-5-14-7-6-10-13-9(3)11(15-10)8(2)12-4/h8,12H,5-7H2,1-4H3.